The van der Waals surface area contributed by atoms with Gasteiger partial charge in [0.2, 0.25) is 5.91 Å². The Labute approximate surface area is 128 Å². The zero-order valence-corrected chi connectivity index (χ0v) is 12.7. The largest absolute Gasteiger partial charge is 0.344 e. The van der Waals surface area contributed by atoms with Crippen molar-refractivity contribution in [2.45, 2.75) is 32.4 Å². The van der Waals surface area contributed by atoms with Crippen LogP contribution in [0.1, 0.15) is 38.2 Å². The molecule has 5 heteroatoms. The molecule has 0 spiro atoms. The molecule has 3 rings (SSSR count). The molecule has 2 atom stereocenters. The number of hydrogen-bond acceptors (Lipinski definition) is 3. The Kier molecular flexibility index (Phi) is 3.56. The number of benzene rings is 1. The van der Waals surface area contributed by atoms with Crippen molar-refractivity contribution in [3.05, 3.63) is 53.1 Å². The van der Waals surface area contributed by atoms with Crippen LogP contribution in [0.15, 0.2) is 41.7 Å². The highest BCUT2D eigenvalue weighted by molar-refractivity contribution is 5.84. The van der Waals surface area contributed by atoms with Crippen LogP contribution in [0.4, 0.5) is 0 Å². The lowest BCUT2D eigenvalue weighted by Crippen LogP contribution is -2.49. The molecular weight excluding hydrogens is 278 g/mol. The van der Waals surface area contributed by atoms with Crippen LogP contribution in [0.3, 0.4) is 0 Å². The molecule has 1 aromatic carbocycles. The number of carbonyl (C=O) groups excluding carboxylic acids is 1. The van der Waals surface area contributed by atoms with E-state index in [1.54, 1.807) is 16.7 Å². The predicted octanol–water partition coefficient (Wildman–Crippen LogP) is 2.34. The summed E-state index contributed by atoms with van der Waals surface area (Å²) in [4.78, 5) is 29.9. The van der Waals surface area contributed by atoms with E-state index < -0.39 is 6.04 Å². The third-order valence-electron chi connectivity index (χ3n) is 4.08. The van der Waals surface area contributed by atoms with Gasteiger partial charge in [-0.2, -0.15) is 0 Å². The molecule has 2 heterocycles. The monoisotopic (exact) mass is 297 g/mol. The highest BCUT2D eigenvalue weighted by Gasteiger charge is 2.36. The average molecular weight is 297 g/mol. The second-order valence-corrected chi connectivity index (χ2v) is 5.93. The average Bonchev–Trinajstić information content (AvgIpc) is 2.50. The predicted molar refractivity (Wildman–Crippen MR) is 85.6 cm³/mol. The second-order valence-electron chi connectivity index (χ2n) is 5.93. The van der Waals surface area contributed by atoms with Crippen molar-refractivity contribution in [3.63, 3.8) is 0 Å². The van der Waals surface area contributed by atoms with Crippen LogP contribution in [0.5, 0.6) is 0 Å². The molecule has 0 fully saturated rings. The number of nitrogens with one attached hydrogen (secondary N) is 1. The summed E-state index contributed by atoms with van der Waals surface area (Å²) in [5.41, 5.74) is 0.505. The van der Waals surface area contributed by atoms with Crippen molar-refractivity contribution in [2.24, 2.45) is 5.92 Å². The van der Waals surface area contributed by atoms with Gasteiger partial charge in [-0.1, -0.05) is 32.1 Å². The summed E-state index contributed by atoms with van der Waals surface area (Å²) in [6, 6.07) is 6.41. The maximum atomic E-state index is 12.9. The Bertz CT molecular complexity index is 807. The number of para-hydroxylation sites is 1. The van der Waals surface area contributed by atoms with Crippen molar-refractivity contribution in [3.8, 4) is 0 Å². The number of fused-ring (bicyclic) bond motifs is 2. The highest BCUT2D eigenvalue weighted by atomic mass is 16.2. The van der Waals surface area contributed by atoms with Crippen LogP contribution in [-0.4, -0.2) is 15.5 Å². The van der Waals surface area contributed by atoms with Crippen LogP contribution in [-0.2, 0) is 4.79 Å². The number of aromatic nitrogens is 2. The molecular formula is C17H19N3O2. The fraction of sp³-hybridized carbons (Fsp3) is 0.353. The van der Waals surface area contributed by atoms with Gasteiger partial charge in [0.15, 0.2) is 0 Å². The molecule has 5 nitrogen and oxygen atoms in total. The van der Waals surface area contributed by atoms with E-state index >= 15 is 0 Å². The van der Waals surface area contributed by atoms with Gasteiger partial charge in [0, 0.05) is 0 Å². The lowest BCUT2D eigenvalue weighted by molar-refractivity contribution is -0.127. The minimum absolute atomic E-state index is 0.146. The van der Waals surface area contributed by atoms with Crippen LogP contribution >= 0.6 is 0 Å². The van der Waals surface area contributed by atoms with Gasteiger partial charge in [0.05, 0.1) is 16.9 Å². The van der Waals surface area contributed by atoms with E-state index in [4.69, 9.17) is 0 Å². The van der Waals surface area contributed by atoms with Crippen molar-refractivity contribution in [1.82, 2.24) is 14.9 Å². The molecule has 1 amide bonds. The van der Waals surface area contributed by atoms with Crippen LogP contribution < -0.4 is 10.9 Å². The van der Waals surface area contributed by atoms with E-state index in [0.717, 1.165) is 0 Å². The first-order valence-corrected chi connectivity index (χ1v) is 7.47. The topological polar surface area (TPSA) is 64.0 Å². The summed E-state index contributed by atoms with van der Waals surface area (Å²) < 4.78 is 1.55. The normalized spacial score (nSPS) is 20.8. The fourth-order valence-corrected chi connectivity index (χ4v) is 2.95. The molecule has 2 aromatic rings. The summed E-state index contributed by atoms with van der Waals surface area (Å²) in [6.45, 7) is 7.70. The van der Waals surface area contributed by atoms with Crippen molar-refractivity contribution >= 4 is 16.8 Å². The van der Waals surface area contributed by atoms with Gasteiger partial charge >= 0.3 is 0 Å². The van der Waals surface area contributed by atoms with Gasteiger partial charge in [-0.25, -0.2) is 4.98 Å². The van der Waals surface area contributed by atoms with Gasteiger partial charge in [-0.15, -0.1) is 6.58 Å². The zero-order valence-electron chi connectivity index (χ0n) is 12.7. The molecule has 0 saturated heterocycles. The Morgan fingerprint density at radius 1 is 1.36 bits per heavy atom. The molecule has 1 aliphatic rings. The van der Waals surface area contributed by atoms with E-state index in [1.165, 1.54) is 0 Å². The molecule has 1 N–H and O–H groups in total. The second kappa shape index (κ2) is 5.40. The first-order chi connectivity index (χ1) is 10.5. The lowest BCUT2D eigenvalue weighted by Gasteiger charge is -2.34. The first-order valence-electron chi connectivity index (χ1n) is 7.47. The number of nitrogens with zero attached hydrogens (tertiary/aromatic N) is 2. The highest BCUT2D eigenvalue weighted by Crippen LogP contribution is 2.29. The Balaban J connectivity index is 2.35. The number of amides is 1. The Morgan fingerprint density at radius 3 is 2.77 bits per heavy atom. The smallest absolute Gasteiger partial charge is 0.262 e. The Hall–Kier alpha value is -2.43. The molecule has 0 unspecified atom stereocenters. The number of carbonyl (C=O) groups is 1. The first kappa shape index (κ1) is 14.5. The summed E-state index contributed by atoms with van der Waals surface area (Å²) >= 11 is 0. The van der Waals surface area contributed by atoms with E-state index in [1.807, 2.05) is 32.0 Å². The van der Waals surface area contributed by atoms with Crippen LogP contribution in [0.25, 0.3) is 10.9 Å². The van der Waals surface area contributed by atoms with Gasteiger partial charge in [0.25, 0.3) is 5.56 Å². The third-order valence-corrected chi connectivity index (χ3v) is 4.08. The summed E-state index contributed by atoms with van der Waals surface area (Å²) in [6.07, 6.45) is 2.06. The van der Waals surface area contributed by atoms with E-state index in [-0.39, 0.29) is 23.4 Å². The third kappa shape index (κ3) is 2.13. The summed E-state index contributed by atoms with van der Waals surface area (Å²) in [5.74, 6) is 0.628. The molecule has 1 aromatic heterocycles. The quantitative estimate of drug-likeness (QED) is 0.884. The van der Waals surface area contributed by atoms with Gasteiger partial charge < -0.3 is 5.32 Å². The van der Waals surface area contributed by atoms with Gasteiger partial charge in [-0.05, 0) is 24.5 Å². The summed E-state index contributed by atoms with van der Waals surface area (Å²) in [5, 5.41) is 3.53. The molecule has 0 saturated carbocycles. The Morgan fingerprint density at radius 2 is 2.09 bits per heavy atom. The number of rotatable bonds is 3. The van der Waals surface area contributed by atoms with E-state index in [2.05, 4.69) is 16.9 Å². The molecule has 0 bridgehead atoms. The van der Waals surface area contributed by atoms with E-state index in [0.29, 0.717) is 23.1 Å². The molecule has 114 valence electrons. The van der Waals surface area contributed by atoms with Gasteiger partial charge in [0.1, 0.15) is 11.9 Å². The molecule has 0 radical (unpaired) electrons. The fourth-order valence-electron chi connectivity index (χ4n) is 2.95. The maximum absolute atomic E-state index is 12.9. The van der Waals surface area contributed by atoms with Crippen LogP contribution in [0, 0.1) is 5.92 Å². The zero-order chi connectivity index (χ0) is 15.9. The minimum atomic E-state index is -0.577. The molecule has 1 aliphatic heterocycles. The van der Waals surface area contributed by atoms with E-state index in [9.17, 15) is 9.59 Å². The SMILES string of the molecule is C=CC[C@@H]1C(=O)N[C@@H](C(C)C)c2nc3ccccc3c(=O)n21. The summed E-state index contributed by atoms with van der Waals surface area (Å²) in [7, 11) is 0. The number of hydrogen-bond donors (Lipinski definition) is 1. The number of allylic oxidation sites excluding steroid dienone is 1. The van der Waals surface area contributed by atoms with Crippen molar-refractivity contribution in [2.75, 3.05) is 0 Å². The van der Waals surface area contributed by atoms with Crippen molar-refractivity contribution in [1.29, 1.82) is 0 Å². The standard InChI is InChI=1S/C17H19N3O2/c1-4-7-13-16(21)19-14(10(2)3)15-18-12-9-6-5-8-11(12)17(22)20(13)15/h4-6,8-10,13-14H,1,7H2,2-3H3,(H,19,21)/t13-,14+/m1/s1. The minimum Gasteiger partial charge on any atom is -0.344 e. The molecule has 22 heavy (non-hydrogen) atoms. The van der Waals surface area contributed by atoms with Crippen molar-refractivity contribution < 1.29 is 4.79 Å². The van der Waals surface area contributed by atoms with Crippen LogP contribution in [0.2, 0.25) is 0 Å². The maximum Gasteiger partial charge on any atom is 0.262 e. The lowest BCUT2D eigenvalue weighted by atomic mass is 9.98. The van der Waals surface area contributed by atoms with Gasteiger partial charge in [-0.3, -0.25) is 14.2 Å². The molecule has 0 aliphatic carbocycles.